The highest BCUT2D eigenvalue weighted by Crippen LogP contribution is 2.42. The van der Waals surface area contributed by atoms with Gasteiger partial charge >= 0.3 is 0 Å². The SMILES string of the molecule is CC(C(=O)NC(F)C(F)F)c1cc(F)c(NC(=O)C(NC(=O)c2ccnn2C(C)C)C(C2CCCCC2)C2CCCCC2)cc1CN(C)C. The summed E-state index contributed by atoms with van der Waals surface area (Å²) in [5.74, 6) is -3.71. The molecule has 2 fully saturated rings. The first-order valence-corrected chi connectivity index (χ1v) is 17.6. The van der Waals surface area contributed by atoms with Gasteiger partial charge in [0.05, 0.1) is 11.6 Å². The zero-order valence-electron chi connectivity index (χ0n) is 29.3. The number of halogens is 4. The predicted octanol–water partition coefficient (Wildman–Crippen LogP) is 6.96. The maximum Gasteiger partial charge on any atom is 0.287 e. The smallest absolute Gasteiger partial charge is 0.287 e. The molecule has 9 nitrogen and oxygen atoms in total. The van der Waals surface area contributed by atoms with Crippen LogP contribution in [0.15, 0.2) is 24.4 Å². The number of nitrogens with zero attached hydrogens (tertiary/aromatic N) is 3. The second-order valence-corrected chi connectivity index (χ2v) is 14.3. The Morgan fingerprint density at radius 3 is 2.02 bits per heavy atom. The van der Waals surface area contributed by atoms with Gasteiger partial charge in [-0.2, -0.15) is 5.10 Å². The lowest BCUT2D eigenvalue weighted by molar-refractivity contribution is -0.126. The number of nitrogens with one attached hydrogen (secondary N) is 3. The van der Waals surface area contributed by atoms with E-state index in [1.54, 1.807) is 41.3 Å². The van der Waals surface area contributed by atoms with Gasteiger partial charge in [0.2, 0.25) is 18.1 Å². The molecule has 13 heteroatoms. The second kappa shape index (κ2) is 17.4. The minimum Gasteiger partial charge on any atom is -0.339 e. The number of hydrogen-bond acceptors (Lipinski definition) is 5. The van der Waals surface area contributed by atoms with Crippen molar-refractivity contribution < 1.29 is 31.9 Å². The molecule has 0 radical (unpaired) electrons. The van der Waals surface area contributed by atoms with Crippen molar-refractivity contribution in [2.75, 3.05) is 19.4 Å². The fraction of sp³-hybridized carbons (Fsp3) is 0.667. The molecule has 272 valence electrons. The Bertz CT molecular complexity index is 1400. The topological polar surface area (TPSA) is 108 Å². The standard InChI is InChI=1S/C36H52F4N6O3/c1-21(2)46-29(16-17-41-46)35(48)43-31(30(23-12-8-6-9-13-23)24-14-10-7-11-15-24)36(49)42-28-18-25(20-45(4)5)26(19-27(28)37)22(3)34(47)44-33(40)32(38)39/h16-19,21-24,30-33H,6-15,20H2,1-5H3,(H,42,49)(H,43,48)(H,44,47). The van der Waals surface area contributed by atoms with Crippen LogP contribution in [0.4, 0.5) is 23.2 Å². The first kappa shape index (κ1) is 38.3. The Balaban J connectivity index is 1.71. The van der Waals surface area contributed by atoms with Crippen LogP contribution < -0.4 is 16.0 Å². The molecule has 1 aromatic heterocycles. The summed E-state index contributed by atoms with van der Waals surface area (Å²) in [6, 6.07) is 3.09. The highest BCUT2D eigenvalue weighted by atomic mass is 19.3. The summed E-state index contributed by atoms with van der Waals surface area (Å²) in [6.07, 6.45) is 5.53. The van der Waals surface area contributed by atoms with Gasteiger partial charge in [-0.3, -0.25) is 19.1 Å². The first-order chi connectivity index (χ1) is 23.3. The van der Waals surface area contributed by atoms with E-state index in [0.29, 0.717) is 11.3 Å². The van der Waals surface area contributed by atoms with E-state index in [0.717, 1.165) is 70.3 Å². The zero-order chi connectivity index (χ0) is 35.8. The van der Waals surface area contributed by atoms with Crippen molar-refractivity contribution in [1.29, 1.82) is 0 Å². The molecule has 0 aliphatic heterocycles. The molecular formula is C36H52F4N6O3. The maximum absolute atomic E-state index is 15.9. The fourth-order valence-electron chi connectivity index (χ4n) is 7.71. The van der Waals surface area contributed by atoms with Crippen molar-refractivity contribution in [1.82, 2.24) is 25.3 Å². The molecule has 3 atom stereocenters. The molecular weight excluding hydrogens is 640 g/mol. The summed E-state index contributed by atoms with van der Waals surface area (Å²) >= 11 is 0. The highest BCUT2D eigenvalue weighted by molar-refractivity contribution is 6.01. The second-order valence-electron chi connectivity index (χ2n) is 14.3. The molecule has 0 bridgehead atoms. The molecule has 2 saturated carbocycles. The molecule has 2 aliphatic carbocycles. The van der Waals surface area contributed by atoms with E-state index in [1.165, 1.54) is 13.0 Å². The third kappa shape index (κ3) is 9.82. The van der Waals surface area contributed by atoms with Gasteiger partial charge in [-0.05, 0) is 81.9 Å². The van der Waals surface area contributed by atoms with Crippen LogP contribution in [0.1, 0.15) is 119 Å². The number of alkyl halides is 3. The minimum absolute atomic E-state index is 0.0890. The predicted molar refractivity (Wildman–Crippen MR) is 180 cm³/mol. The molecule has 2 aromatic rings. The van der Waals surface area contributed by atoms with Crippen LogP contribution in [0.5, 0.6) is 0 Å². The third-order valence-corrected chi connectivity index (χ3v) is 10.1. The van der Waals surface area contributed by atoms with Gasteiger partial charge in [0.15, 0.2) is 0 Å². The number of amides is 3. The monoisotopic (exact) mass is 692 g/mol. The number of aromatic nitrogens is 2. The summed E-state index contributed by atoms with van der Waals surface area (Å²) in [7, 11) is 3.52. The van der Waals surface area contributed by atoms with Gasteiger partial charge in [0.1, 0.15) is 17.6 Å². The van der Waals surface area contributed by atoms with E-state index in [1.807, 2.05) is 13.8 Å². The van der Waals surface area contributed by atoms with E-state index in [9.17, 15) is 27.6 Å². The average Bonchev–Trinajstić information content (AvgIpc) is 3.57. The Hall–Kier alpha value is -3.48. The van der Waals surface area contributed by atoms with Crippen molar-refractivity contribution >= 4 is 23.4 Å². The van der Waals surface area contributed by atoms with Gasteiger partial charge in [-0.1, -0.05) is 64.2 Å². The van der Waals surface area contributed by atoms with Crippen molar-refractivity contribution in [2.24, 2.45) is 17.8 Å². The van der Waals surface area contributed by atoms with Gasteiger partial charge in [-0.25, -0.2) is 17.6 Å². The molecule has 1 aromatic carbocycles. The number of carbonyl (C=O) groups excluding carboxylic acids is 3. The van der Waals surface area contributed by atoms with Gasteiger partial charge in [-0.15, -0.1) is 0 Å². The molecule has 3 N–H and O–H groups in total. The van der Waals surface area contributed by atoms with E-state index in [2.05, 4.69) is 15.7 Å². The van der Waals surface area contributed by atoms with Crippen molar-refractivity contribution in [2.45, 2.75) is 122 Å². The molecule has 3 amide bonds. The van der Waals surface area contributed by atoms with Gasteiger partial charge < -0.3 is 20.9 Å². The van der Waals surface area contributed by atoms with Crippen LogP contribution in [0.25, 0.3) is 0 Å². The Morgan fingerprint density at radius 1 is 0.898 bits per heavy atom. The van der Waals surface area contributed by atoms with Crippen LogP contribution in [-0.4, -0.2) is 65.3 Å². The fourth-order valence-corrected chi connectivity index (χ4v) is 7.71. The normalized spacial score (nSPS) is 18.1. The third-order valence-electron chi connectivity index (χ3n) is 10.1. The molecule has 4 rings (SSSR count). The molecule has 3 unspecified atom stereocenters. The van der Waals surface area contributed by atoms with Crippen molar-refractivity contribution in [3.8, 4) is 0 Å². The number of carbonyl (C=O) groups is 3. The molecule has 1 heterocycles. The van der Waals surface area contributed by atoms with Crippen LogP contribution in [-0.2, 0) is 16.1 Å². The highest BCUT2D eigenvalue weighted by Gasteiger charge is 2.42. The number of benzene rings is 1. The van der Waals surface area contributed by atoms with Crippen molar-refractivity contribution in [3.63, 3.8) is 0 Å². The van der Waals surface area contributed by atoms with Crippen LogP contribution in [0.2, 0.25) is 0 Å². The minimum atomic E-state index is -3.41. The summed E-state index contributed by atoms with van der Waals surface area (Å²) in [5, 5.41) is 11.8. The van der Waals surface area contributed by atoms with Crippen LogP contribution in [0.3, 0.4) is 0 Å². The largest absolute Gasteiger partial charge is 0.339 e. The first-order valence-electron chi connectivity index (χ1n) is 17.6. The maximum atomic E-state index is 15.9. The summed E-state index contributed by atoms with van der Waals surface area (Å²) in [4.78, 5) is 42.8. The van der Waals surface area contributed by atoms with Crippen LogP contribution >= 0.6 is 0 Å². The van der Waals surface area contributed by atoms with Crippen molar-refractivity contribution in [3.05, 3.63) is 47.0 Å². The Morgan fingerprint density at radius 2 is 1.49 bits per heavy atom. The van der Waals surface area contributed by atoms with E-state index in [4.69, 9.17) is 0 Å². The summed E-state index contributed by atoms with van der Waals surface area (Å²) in [6.45, 7) is 5.43. The molecule has 0 spiro atoms. The number of anilines is 1. The quantitative estimate of drug-likeness (QED) is 0.147. The van der Waals surface area contributed by atoms with Crippen LogP contribution in [0, 0.1) is 23.6 Å². The number of rotatable bonds is 14. The Kier molecular flexibility index (Phi) is 13.6. The molecule has 0 saturated heterocycles. The van der Waals surface area contributed by atoms with E-state index < -0.39 is 48.2 Å². The Labute approximate surface area is 286 Å². The molecule has 2 aliphatic rings. The summed E-state index contributed by atoms with van der Waals surface area (Å²) < 4.78 is 56.7. The van der Waals surface area contributed by atoms with E-state index in [-0.39, 0.29) is 41.6 Å². The van der Waals surface area contributed by atoms with Gasteiger partial charge in [0.25, 0.3) is 12.3 Å². The van der Waals surface area contributed by atoms with Gasteiger partial charge in [0, 0.05) is 18.8 Å². The average molecular weight is 693 g/mol. The molecule has 49 heavy (non-hydrogen) atoms. The summed E-state index contributed by atoms with van der Waals surface area (Å²) in [5.41, 5.74) is 0.829. The number of hydrogen-bond donors (Lipinski definition) is 3. The lowest BCUT2D eigenvalue weighted by Gasteiger charge is -2.42. The van der Waals surface area contributed by atoms with E-state index >= 15 is 4.39 Å². The lowest BCUT2D eigenvalue weighted by Crippen LogP contribution is -2.53. The zero-order valence-corrected chi connectivity index (χ0v) is 29.3. The lowest BCUT2D eigenvalue weighted by atomic mass is 9.66.